The zero-order valence-electron chi connectivity index (χ0n) is 9.11. The molecule has 98 valence electrons. The second-order valence-electron chi connectivity index (χ2n) is 3.58. The van der Waals surface area contributed by atoms with E-state index in [1.165, 1.54) is 6.07 Å². The summed E-state index contributed by atoms with van der Waals surface area (Å²) in [4.78, 5) is 0. The molecule has 1 atom stereocenters. The highest BCUT2D eigenvalue weighted by Crippen LogP contribution is 2.34. The topological polar surface area (TPSA) is 66.4 Å². The molecule has 0 aromatic carbocycles. The molecule has 0 saturated heterocycles. The molecule has 0 radical (unpaired) electrons. The van der Waals surface area contributed by atoms with Gasteiger partial charge in [-0.2, -0.15) is 0 Å². The molecule has 1 aromatic rings. The molecule has 1 aromatic heterocycles. The number of hydrogen-bond donors (Lipinski definition) is 2. The summed E-state index contributed by atoms with van der Waals surface area (Å²) in [6, 6.07) is 1.20. The zero-order valence-corrected chi connectivity index (χ0v) is 13.1. The highest BCUT2D eigenvalue weighted by atomic mass is 79.9. The van der Waals surface area contributed by atoms with Crippen molar-refractivity contribution in [2.24, 2.45) is 0 Å². The van der Waals surface area contributed by atoms with Crippen LogP contribution in [0.5, 0.6) is 0 Å². The lowest BCUT2D eigenvalue weighted by molar-refractivity contribution is 0.279. The third-order valence-corrected chi connectivity index (χ3v) is 6.58. The van der Waals surface area contributed by atoms with Gasteiger partial charge in [0.1, 0.15) is 4.21 Å². The highest BCUT2D eigenvalue weighted by molar-refractivity contribution is 9.11. The Labute approximate surface area is 118 Å². The number of aliphatic hydroxyl groups is 1. The first-order chi connectivity index (χ1) is 7.86. The Balaban J connectivity index is 2.75. The maximum Gasteiger partial charge on any atom is 0.250 e. The molecule has 8 heteroatoms. The Hall–Kier alpha value is 0.340. The van der Waals surface area contributed by atoms with Crippen LogP contribution in [-0.2, 0) is 10.0 Å². The van der Waals surface area contributed by atoms with Crippen molar-refractivity contribution in [2.45, 2.75) is 30.0 Å². The molecule has 0 fully saturated rings. The van der Waals surface area contributed by atoms with Crippen LogP contribution in [0.25, 0.3) is 0 Å². The minimum atomic E-state index is -3.52. The fraction of sp³-hybridized carbons (Fsp3) is 0.556. The first-order valence-corrected chi connectivity index (χ1v) is 8.42. The highest BCUT2D eigenvalue weighted by Gasteiger charge is 2.20. The molecule has 0 aliphatic carbocycles. The van der Waals surface area contributed by atoms with E-state index in [9.17, 15) is 8.42 Å². The van der Waals surface area contributed by atoms with Gasteiger partial charge in [-0.15, -0.1) is 11.3 Å². The molecule has 1 heterocycles. The largest absolute Gasteiger partial charge is 0.396 e. The average Bonchev–Trinajstić information content (AvgIpc) is 2.56. The molecule has 0 saturated carbocycles. The van der Waals surface area contributed by atoms with Gasteiger partial charge >= 0.3 is 0 Å². The van der Waals surface area contributed by atoms with Crippen LogP contribution < -0.4 is 4.72 Å². The van der Waals surface area contributed by atoms with E-state index >= 15 is 0 Å². The van der Waals surface area contributed by atoms with E-state index in [2.05, 4.69) is 20.7 Å². The standard InChI is InChI=1S/C9H13BrClNO3S2/c1-6(3-2-4-13)12-17(14,15)8-5-7(11)9(10)16-8/h5-6,12-13H,2-4H2,1H3. The van der Waals surface area contributed by atoms with Gasteiger partial charge in [0.2, 0.25) is 10.0 Å². The van der Waals surface area contributed by atoms with Crippen LogP contribution in [0.15, 0.2) is 14.1 Å². The molecule has 17 heavy (non-hydrogen) atoms. The molecule has 1 unspecified atom stereocenters. The predicted molar refractivity (Wildman–Crippen MR) is 73.1 cm³/mol. The predicted octanol–water partition coefficient (Wildman–Crippen LogP) is 2.60. The maximum absolute atomic E-state index is 11.9. The molecular formula is C9H13BrClNO3S2. The summed E-state index contributed by atoms with van der Waals surface area (Å²) in [5.74, 6) is 0. The van der Waals surface area contributed by atoms with Gasteiger partial charge in [0.05, 0.1) is 8.81 Å². The van der Waals surface area contributed by atoms with Crippen LogP contribution >= 0.6 is 38.9 Å². The Morgan fingerprint density at radius 3 is 2.76 bits per heavy atom. The van der Waals surface area contributed by atoms with Crippen LogP contribution in [0.2, 0.25) is 5.02 Å². The normalized spacial score (nSPS) is 13.9. The lowest BCUT2D eigenvalue weighted by atomic mass is 10.2. The van der Waals surface area contributed by atoms with Gasteiger partial charge in [-0.05, 0) is 41.8 Å². The van der Waals surface area contributed by atoms with Crippen molar-refractivity contribution in [2.75, 3.05) is 6.61 Å². The number of hydrogen-bond acceptors (Lipinski definition) is 4. The second-order valence-corrected chi connectivity index (χ2v) is 8.29. The van der Waals surface area contributed by atoms with Crippen molar-refractivity contribution >= 4 is 48.9 Å². The van der Waals surface area contributed by atoms with Crippen molar-refractivity contribution in [3.63, 3.8) is 0 Å². The van der Waals surface area contributed by atoms with Gasteiger partial charge in [-0.3, -0.25) is 0 Å². The zero-order chi connectivity index (χ0) is 13.1. The average molecular weight is 363 g/mol. The number of rotatable bonds is 6. The van der Waals surface area contributed by atoms with Crippen molar-refractivity contribution in [3.8, 4) is 0 Å². The number of aliphatic hydroxyl groups excluding tert-OH is 1. The Bertz CT molecular complexity index is 455. The first kappa shape index (κ1) is 15.4. The van der Waals surface area contributed by atoms with Gasteiger partial charge in [-0.25, -0.2) is 13.1 Å². The van der Waals surface area contributed by atoms with Crippen LogP contribution in [0.1, 0.15) is 19.8 Å². The summed E-state index contributed by atoms with van der Waals surface area (Å²) in [6.07, 6.45) is 1.16. The number of nitrogens with one attached hydrogen (secondary N) is 1. The van der Waals surface area contributed by atoms with E-state index in [0.717, 1.165) is 11.3 Å². The summed E-state index contributed by atoms with van der Waals surface area (Å²) in [7, 11) is -3.52. The van der Waals surface area contributed by atoms with Crippen LogP contribution in [0, 0.1) is 0 Å². The van der Waals surface area contributed by atoms with Crippen LogP contribution in [0.4, 0.5) is 0 Å². The van der Waals surface area contributed by atoms with Gasteiger partial charge in [0, 0.05) is 12.6 Å². The lowest BCUT2D eigenvalue weighted by Gasteiger charge is -2.12. The van der Waals surface area contributed by atoms with E-state index in [0.29, 0.717) is 21.7 Å². The third-order valence-electron chi connectivity index (χ3n) is 2.04. The monoisotopic (exact) mass is 361 g/mol. The fourth-order valence-corrected chi connectivity index (χ4v) is 4.93. The summed E-state index contributed by atoms with van der Waals surface area (Å²) < 4.78 is 27.2. The quantitative estimate of drug-likeness (QED) is 0.817. The second kappa shape index (κ2) is 6.49. The van der Waals surface area contributed by atoms with Crippen LogP contribution in [0.3, 0.4) is 0 Å². The van der Waals surface area contributed by atoms with Gasteiger partial charge in [0.25, 0.3) is 0 Å². The molecule has 0 aliphatic rings. The summed E-state index contributed by atoms with van der Waals surface area (Å²) in [6.45, 7) is 1.82. The van der Waals surface area contributed by atoms with E-state index in [1.54, 1.807) is 6.92 Å². The van der Waals surface area contributed by atoms with E-state index < -0.39 is 10.0 Å². The number of sulfonamides is 1. The third kappa shape index (κ3) is 4.50. The minimum absolute atomic E-state index is 0.0580. The minimum Gasteiger partial charge on any atom is -0.396 e. The first-order valence-electron chi connectivity index (χ1n) is 4.95. The lowest BCUT2D eigenvalue weighted by Crippen LogP contribution is -2.32. The summed E-state index contributed by atoms with van der Waals surface area (Å²) in [5, 5.41) is 9.06. The smallest absolute Gasteiger partial charge is 0.250 e. The Kier molecular flexibility index (Phi) is 5.88. The van der Waals surface area contributed by atoms with Crippen LogP contribution in [-0.4, -0.2) is 26.2 Å². The molecule has 0 spiro atoms. The number of thiophene rings is 1. The maximum atomic E-state index is 11.9. The van der Waals surface area contributed by atoms with E-state index in [1.807, 2.05) is 0 Å². The molecule has 2 N–H and O–H groups in total. The molecular weight excluding hydrogens is 350 g/mol. The van der Waals surface area contributed by atoms with E-state index in [4.69, 9.17) is 16.7 Å². The Morgan fingerprint density at radius 1 is 1.65 bits per heavy atom. The van der Waals surface area contributed by atoms with Crippen molar-refractivity contribution < 1.29 is 13.5 Å². The summed E-state index contributed by atoms with van der Waals surface area (Å²) >= 11 is 10.0. The van der Waals surface area contributed by atoms with Crippen molar-refractivity contribution in [3.05, 3.63) is 14.9 Å². The van der Waals surface area contributed by atoms with Gasteiger partial charge in [-0.1, -0.05) is 11.6 Å². The molecule has 1 rings (SSSR count). The molecule has 0 bridgehead atoms. The van der Waals surface area contributed by atoms with E-state index in [-0.39, 0.29) is 16.9 Å². The van der Waals surface area contributed by atoms with Crippen molar-refractivity contribution in [1.82, 2.24) is 4.72 Å². The Morgan fingerprint density at radius 2 is 2.29 bits per heavy atom. The molecule has 0 aliphatic heterocycles. The van der Waals surface area contributed by atoms with Gasteiger partial charge < -0.3 is 5.11 Å². The number of halogens is 2. The SMILES string of the molecule is CC(CCCO)NS(=O)(=O)c1cc(Cl)c(Br)s1. The molecule has 4 nitrogen and oxygen atoms in total. The molecule has 0 amide bonds. The van der Waals surface area contributed by atoms with Crippen molar-refractivity contribution in [1.29, 1.82) is 0 Å². The fourth-order valence-electron chi connectivity index (χ4n) is 1.24. The van der Waals surface area contributed by atoms with Gasteiger partial charge in [0.15, 0.2) is 0 Å². The summed E-state index contributed by atoms with van der Waals surface area (Å²) in [5.41, 5.74) is 0.